The molecule has 0 aromatic rings. The van der Waals surface area contributed by atoms with Crippen molar-refractivity contribution in [2.45, 2.75) is 362 Å². The van der Waals surface area contributed by atoms with Crippen LogP contribution in [0.5, 0.6) is 0 Å². The number of phosphoric acid groups is 2. The minimum absolute atomic E-state index is 0.103. The average Bonchev–Trinajstić information content (AvgIpc) is 3.65. The molecule has 0 aromatic heterocycles. The van der Waals surface area contributed by atoms with Gasteiger partial charge >= 0.3 is 39.5 Å². The van der Waals surface area contributed by atoms with Crippen LogP contribution in [0.3, 0.4) is 0 Å². The highest BCUT2D eigenvalue weighted by atomic mass is 31.2. The third kappa shape index (κ3) is 62.6. The third-order valence-corrected chi connectivity index (χ3v) is 17.6. The number of hydrogen-bond donors (Lipinski definition) is 3. The summed E-state index contributed by atoms with van der Waals surface area (Å²) < 4.78 is 68.1. The van der Waals surface area contributed by atoms with Crippen molar-refractivity contribution >= 4 is 39.5 Å². The number of hydrogen-bond acceptors (Lipinski definition) is 15. The summed E-state index contributed by atoms with van der Waals surface area (Å²) in [5.74, 6) is -0.690. The van der Waals surface area contributed by atoms with Crippen molar-refractivity contribution in [3.8, 4) is 0 Å². The first-order valence-electron chi connectivity index (χ1n) is 35.5. The van der Waals surface area contributed by atoms with Gasteiger partial charge in [0, 0.05) is 25.7 Å². The van der Waals surface area contributed by atoms with E-state index in [1.165, 1.54) is 161 Å². The number of phosphoric ester groups is 2. The smallest absolute Gasteiger partial charge is 0.462 e. The quantitative estimate of drug-likeness (QED) is 0.0222. The highest BCUT2D eigenvalue weighted by molar-refractivity contribution is 7.47. The second-order valence-electron chi connectivity index (χ2n) is 25.5. The molecular formula is C68H132O17P2. The molecule has 17 nitrogen and oxygen atoms in total. The first-order valence-corrected chi connectivity index (χ1v) is 38.5. The summed E-state index contributed by atoms with van der Waals surface area (Å²) in [5, 5.41) is 10.6. The molecule has 19 heteroatoms. The second-order valence-corrected chi connectivity index (χ2v) is 28.4. The Balaban J connectivity index is 5.23. The van der Waals surface area contributed by atoms with E-state index in [1.54, 1.807) is 0 Å². The zero-order valence-corrected chi connectivity index (χ0v) is 58.1. The number of unbranched alkanes of at least 4 members (excludes halogenated alkanes) is 37. The molecule has 0 heterocycles. The van der Waals surface area contributed by atoms with Crippen LogP contribution < -0.4 is 0 Å². The molecule has 0 saturated carbocycles. The van der Waals surface area contributed by atoms with Crippen LogP contribution in [0, 0.1) is 11.8 Å². The molecule has 2 unspecified atom stereocenters. The fraction of sp³-hybridized carbons (Fsp3) is 0.941. The molecular weight excluding hydrogens is 1150 g/mol. The summed E-state index contributed by atoms with van der Waals surface area (Å²) in [6.07, 6.45) is 44.5. The first kappa shape index (κ1) is 85.1. The molecule has 0 amide bonds. The van der Waals surface area contributed by atoms with Gasteiger partial charge in [0.05, 0.1) is 26.4 Å². The topological polar surface area (TPSA) is 237 Å². The van der Waals surface area contributed by atoms with Gasteiger partial charge in [-0.2, -0.15) is 0 Å². The van der Waals surface area contributed by atoms with E-state index in [-0.39, 0.29) is 25.7 Å². The van der Waals surface area contributed by atoms with Gasteiger partial charge in [-0.15, -0.1) is 0 Å². The van der Waals surface area contributed by atoms with Gasteiger partial charge in [-0.05, 0) is 37.5 Å². The lowest BCUT2D eigenvalue weighted by Crippen LogP contribution is -2.30. The Morgan fingerprint density at radius 3 is 0.782 bits per heavy atom. The Labute approximate surface area is 530 Å². The van der Waals surface area contributed by atoms with E-state index in [1.807, 2.05) is 0 Å². The fourth-order valence-electron chi connectivity index (χ4n) is 10.2. The van der Waals surface area contributed by atoms with E-state index in [9.17, 15) is 43.2 Å². The summed E-state index contributed by atoms with van der Waals surface area (Å²) in [5.41, 5.74) is 0. The number of rotatable bonds is 67. The van der Waals surface area contributed by atoms with E-state index in [0.29, 0.717) is 31.6 Å². The molecule has 516 valence electrons. The number of carbonyl (C=O) groups excluding carboxylic acids is 4. The molecule has 0 saturated heterocycles. The van der Waals surface area contributed by atoms with Gasteiger partial charge < -0.3 is 33.8 Å². The molecule has 0 aliphatic heterocycles. The molecule has 0 radical (unpaired) electrons. The van der Waals surface area contributed by atoms with E-state index in [2.05, 4.69) is 41.5 Å². The van der Waals surface area contributed by atoms with Gasteiger partial charge in [0.1, 0.15) is 19.3 Å². The fourth-order valence-corrected chi connectivity index (χ4v) is 11.8. The summed E-state index contributed by atoms with van der Waals surface area (Å²) in [4.78, 5) is 72.4. The predicted octanol–water partition coefficient (Wildman–Crippen LogP) is 19.2. The summed E-state index contributed by atoms with van der Waals surface area (Å²) in [6.45, 7) is 9.44. The molecule has 3 N–H and O–H groups in total. The zero-order valence-electron chi connectivity index (χ0n) is 56.3. The van der Waals surface area contributed by atoms with Crippen molar-refractivity contribution in [2.24, 2.45) is 11.8 Å². The minimum atomic E-state index is -4.95. The SMILES string of the molecule is CCCCCCCCCCCCCCCCCCC(=O)O[C@H](COC(=O)CCCCCCCCCCCC(C)C)COP(=O)(O)OC[C@@H](O)COP(=O)(O)OC[C@@H](COC(=O)CCCCCCCCCCC)OC(=O)CCCCCCCCCC(C)C. The molecule has 0 rings (SSSR count). The van der Waals surface area contributed by atoms with Crippen LogP contribution in [0.25, 0.3) is 0 Å². The first-order chi connectivity index (χ1) is 41.9. The number of ether oxygens (including phenoxy) is 4. The molecule has 0 aliphatic rings. The van der Waals surface area contributed by atoms with E-state index in [0.717, 1.165) is 95.8 Å². The Morgan fingerprint density at radius 1 is 0.310 bits per heavy atom. The van der Waals surface area contributed by atoms with E-state index in [4.69, 9.17) is 37.0 Å². The Hall–Kier alpha value is -1.94. The van der Waals surface area contributed by atoms with E-state index < -0.39 is 97.5 Å². The highest BCUT2D eigenvalue weighted by Crippen LogP contribution is 2.45. The molecule has 0 bridgehead atoms. The predicted molar refractivity (Wildman–Crippen MR) is 349 cm³/mol. The Morgan fingerprint density at radius 2 is 0.529 bits per heavy atom. The summed E-state index contributed by atoms with van der Waals surface area (Å²) >= 11 is 0. The van der Waals surface area contributed by atoms with Gasteiger partial charge in [-0.1, -0.05) is 292 Å². The summed E-state index contributed by atoms with van der Waals surface area (Å²) in [6, 6.07) is 0. The maximum Gasteiger partial charge on any atom is 0.472 e. The van der Waals surface area contributed by atoms with Gasteiger partial charge in [0.2, 0.25) is 0 Å². The second kappa shape index (κ2) is 60.3. The monoisotopic (exact) mass is 1280 g/mol. The van der Waals surface area contributed by atoms with Crippen molar-refractivity contribution < 1.29 is 80.2 Å². The van der Waals surface area contributed by atoms with Crippen LogP contribution in [-0.4, -0.2) is 96.7 Å². The van der Waals surface area contributed by atoms with Crippen molar-refractivity contribution in [2.75, 3.05) is 39.6 Å². The lowest BCUT2D eigenvalue weighted by molar-refractivity contribution is -0.161. The zero-order chi connectivity index (χ0) is 64.3. The maximum atomic E-state index is 13.0. The van der Waals surface area contributed by atoms with Crippen LogP contribution in [-0.2, 0) is 65.4 Å². The average molecular weight is 1280 g/mol. The molecule has 87 heavy (non-hydrogen) atoms. The molecule has 0 spiro atoms. The third-order valence-electron chi connectivity index (χ3n) is 15.7. The van der Waals surface area contributed by atoms with Gasteiger partial charge in [-0.3, -0.25) is 37.3 Å². The van der Waals surface area contributed by atoms with Crippen LogP contribution in [0.4, 0.5) is 0 Å². The van der Waals surface area contributed by atoms with Crippen LogP contribution in [0.1, 0.15) is 343 Å². The molecule has 0 fully saturated rings. The number of carbonyl (C=O) groups is 4. The normalized spacial score (nSPS) is 14.2. The van der Waals surface area contributed by atoms with Crippen LogP contribution in [0.15, 0.2) is 0 Å². The van der Waals surface area contributed by atoms with Crippen molar-refractivity contribution in [1.82, 2.24) is 0 Å². The minimum Gasteiger partial charge on any atom is -0.462 e. The molecule has 0 aliphatic carbocycles. The molecule has 0 aromatic carbocycles. The van der Waals surface area contributed by atoms with Gasteiger partial charge in [-0.25, -0.2) is 9.13 Å². The Bertz CT molecular complexity index is 1700. The Kier molecular flexibility index (Phi) is 59.0. The number of aliphatic hydroxyl groups is 1. The van der Waals surface area contributed by atoms with Crippen molar-refractivity contribution in [3.05, 3.63) is 0 Å². The number of aliphatic hydroxyl groups excluding tert-OH is 1. The largest absolute Gasteiger partial charge is 0.472 e. The van der Waals surface area contributed by atoms with Crippen molar-refractivity contribution in [3.63, 3.8) is 0 Å². The molecule has 5 atom stereocenters. The van der Waals surface area contributed by atoms with Crippen molar-refractivity contribution in [1.29, 1.82) is 0 Å². The maximum absolute atomic E-state index is 13.0. The highest BCUT2D eigenvalue weighted by Gasteiger charge is 2.30. The standard InChI is InChI=1S/C68H132O17P2/c1-7-9-11-13-15-17-18-19-20-21-22-23-27-34-40-46-52-67(72)84-63(56-79-66(71)51-45-39-33-28-24-26-30-36-42-48-60(3)4)58-82-86(74,75)80-54-62(69)55-81-87(76,77)83-59-64(57-78-65(70)50-44-38-32-25-16-14-12-10-8-2)85-68(73)53-47-41-35-29-31-37-43-49-61(5)6/h60-64,69H,7-59H2,1-6H3,(H,74,75)(H,76,77)/t62-,63-,64-/m1/s1. The van der Waals surface area contributed by atoms with Gasteiger partial charge in [0.25, 0.3) is 0 Å². The summed E-state index contributed by atoms with van der Waals surface area (Å²) in [7, 11) is -9.89. The van der Waals surface area contributed by atoms with Crippen LogP contribution >= 0.6 is 15.6 Å². The number of esters is 4. The van der Waals surface area contributed by atoms with E-state index >= 15 is 0 Å². The lowest BCUT2D eigenvalue weighted by atomic mass is 10.0. The van der Waals surface area contributed by atoms with Gasteiger partial charge in [0.15, 0.2) is 12.2 Å². The lowest BCUT2D eigenvalue weighted by Gasteiger charge is -2.21. The van der Waals surface area contributed by atoms with Crippen LogP contribution in [0.2, 0.25) is 0 Å².